The maximum atomic E-state index is 13.9. The van der Waals surface area contributed by atoms with Gasteiger partial charge in [-0.1, -0.05) is 35.4 Å². The molecule has 2 aromatic carbocycles. The number of benzene rings is 2. The van der Waals surface area contributed by atoms with Gasteiger partial charge in [-0.2, -0.15) is 0 Å². The van der Waals surface area contributed by atoms with Gasteiger partial charge in [-0.3, -0.25) is 29.0 Å². The maximum absolute atomic E-state index is 13.9. The van der Waals surface area contributed by atoms with Crippen molar-refractivity contribution in [2.45, 2.75) is 34.9 Å². The predicted molar refractivity (Wildman–Crippen MR) is 154 cm³/mol. The molecule has 3 fully saturated rings. The van der Waals surface area contributed by atoms with Crippen molar-refractivity contribution >= 4 is 58.4 Å². The van der Waals surface area contributed by atoms with Gasteiger partial charge in [-0.05, 0) is 60.6 Å². The number of hydrogen-bond donors (Lipinski definition) is 2. The number of alkyl halides is 2. The number of aromatic hydroxyl groups is 2. The van der Waals surface area contributed by atoms with Crippen LogP contribution in [0.2, 0.25) is 5.02 Å². The zero-order valence-corrected chi connectivity index (χ0v) is 24.9. The molecule has 2 aliphatic carbocycles. The topological polar surface area (TPSA) is 124 Å². The highest BCUT2D eigenvalue weighted by atomic mass is 35.5. The molecule has 9 nitrogen and oxygen atoms in total. The number of nitrogens with zero attached hydrogens (tertiary/aromatic N) is 2. The molecule has 6 unspecified atom stereocenters. The third-order valence-corrected chi connectivity index (χ3v) is 11.0. The molecule has 4 aliphatic rings. The molecule has 2 N–H and O–H groups in total. The summed E-state index contributed by atoms with van der Waals surface area (Å²) in [5.41, 5.74) is 1.84. The van der Waals surface area contributed by atoms with E-state index in [1.54, 1.807) is 24.3 Å². The molecule has 0 bridgehead atoms. The Morgan fingerprint density at radius 3 is 2.36 bits per heavy atom. The summed E-state index contributed by atoms with van der Waals surface area (Å²) < 4.78 is 5.30. The van der Waals surface area contributed by atoms with Crippen molar-refractivity contribution in [1.29, 1.82) is 0 Å². The summed E-state index contributed by atoms with van der Waals surface area (Å²) in [6.07, 6.45) is 2.34. The maximum Gasteiger partial charge on any atom is 0.253 e. The number of methoxy groups -OCH3 is 1. The van der Waals surface area contributed by atoms with Crippen LogP contribution in [0.15, 0.2) is 48.0 Å². The molecule has 42 heavy (non-hydrogen) atoms. The van der Waals surface area contributed by atoms with Crippen molar-refractivity contribution in [2.24, 2.45) is 17.8 Å². The summed E-state index contributed by atoms with van der Waals surface area (Å²) in [6, 6.07) is 9.48. The number of ether oxygens (including phenoxy) is 1. The second-order valence-corrected chi connectivity index (χ2v) is 12.9. The molecule has 2 heterocycles. The van der Waals surface area contributed by atoms with E-state index >= 15 is 0 Å². The van der Waals surface area contributed by atoms with E-state index in [9.17, 15) is 29.4 Å². The number of phenols is 2. The number of phenolic OH excluding ortho intramolecular Hbond substituents is 2. The Labute approximate surface area is 256 Å². The average Bonchev–Trinajstić information content (AvgIpc) is 3.28. The van der Waals surface area contributed by atoms with E-state index in [1.165, 1.54) is 31.2 Å². The van der Waals surface area contributed by atoms with Gasteiger partial charge in [0, 0.05) is 19.5 Å². The van der Waals surface area contributed by atoms with Crippen LogP contribution < -0.4 is 4.74 Å². The lowest BCUT2D eigenvalue weighted by molar-refractivity contribution is -0.141. The zero-order valence-electron chi connectivity index (χ0n) is 22.6. The fourth-order valence-corrected chi connectivity index (χ4v) is 8.46. The van der Waals surface area contributed by atoms with Crippen LogP contribution in [0.5, 0.6) is 17.2 Å². The van der Waals surface area contributed by atoms with E-state index < -0.39 is 45.2 Å². The smallest absolute Gasteiger partial charge is 0.253 e. The lowest BCUT2D eigenvalue weighted by Crippen LogP contribution is -2.60. The number of halogens is 3. The van der Waals surface area contributed by atoms with Crippen molar-refractivity contribution in [2.75, 3.05) is 20.7 Å². The molecule has 2 aromatic rings. The van der Waals surface area contributed by atoms with Crippen LogP contribution in [0, 0.1) is 17.8 Å². The van der Waals surface area contributed by atoms with Gasteiger partial charge in [0.25, 0.3) is 11.8 Å². The second-order valence-electron chi connectivity index (χ2n) is 11.3. The molecule has 2 aliphatic heterocycles. The van der Waals surface area contributed by atoms with Crippen molar-refractivity contribution in [3.05, 3.63) is 64.2 Å². The van der Waals surface area contributed by atoms with Crippen molar-refractivity contribution < 1.29 is 34.1 Å². The monoisotopic (exact) mass is 632 g/mol. The van der Waals surface area contributed by atoms with Crippen LogP contribution in [0.4, 0.5) is 0 Å². The summed E-state index contributed by atoms with van der Waals surface area (Å²) in [6.45, 7) is 0.150. The Kier molecular flexibility index (Phi) is 6.79. The Morgan fingerprint density at radius 2 is 1.69 bits per heavy atom. The normalized spacial score (nSPS) is 32.1. The first-order chi connectivity index (χ1) is 19.8. The summed E-state index contributed by atoms with van der Waals surface area (Å²) in [5.74, 6) is -5.35. The van der Waals surface area contributed by atoms with Gasteiger partial charge in [0.2, 0.25) is 11.8 Å². The minimum Gasteiger partial charge on any atom is -0.508 e. The molecule has 12 heteroatoms. The average molecular weight is 634 g/mol. The van der Waals surface area contributed by atoms with Gasteiger partial charge in [0.1, 0.15) is 5.75 Å². The van der Waals surface area contributed by atoms with Gasteiger partial charge in [-0.15, -0.1) is 23.2 Å². The van der Waals surface area contributed by atoms with Crippen molar-refractivity contribution in [3.8, 4) is 17.2 Å². The van der Waals surface area contributed by atoms with Crippen LogP contribution in [0.3, 0.4) is 0 Å². The predicted octanol–water partition coefficient (Wildman–Crippen LogP) is 3.99. The Balaban J connectivity index is 1.43. The first-order valence-electron chi connectivity index (χ1n) is 13.4. The summed E-state index contributed by atoms with van der Waals surface area (Å²) in [4.78, 5) is 53.0. The number of imide groups is 2. The lowest BCUT2D eigenvalue weighted by atomic mass is 9.56. The minimum absolute atomic E-state index is 0.0343. The van der Waals surface area contributed by atoms with Crippen LogP contribution >= 0.6 is 34.8 Å². The van der Waals surface area contributed by atoms with Gasteiger partial charge >= 0.3 is 0 Å². The molecular formula is C30H27Cl3N2O7. The number of carbonyl (C=O) groups is 4. The van der Waals surface area contributed by atoms with Crippen molar-refractivity contribution in [1.82, 2.24) is 9.80 Å². The van der Waals surface area contributed by atoms with Crippen molar-refractivity contribution in [3.63, 3.8) is 0 Å². The number of rotatable bonds is 5. The van der Waals surface area contributed by atoms with E-state index in [0.717, 1.165) is 10.5 Å². The fourth-order valence-electron chi connectivity index (χ4n) is 7.22. The number of hydrogen-bond acceptors (Lipinski definition) is 7. The molecule has 0 spiro atoms. The third kappa shape index (κ3) is 3.82. The Morgan fingerprint density at radius 1 is 1.00 bits per heavy atom. The van der Waals surface area contributed by atoms with Crippen LogP contribution in [-0.2, 0) is 25.6 Å². The molecule has 6 rings (SSSR count). The van der Waals surface area contributed by atoms with E-state index in [0.29, 0.717) is 17.6 Å². The highest BCUT2D eigenvalue weighted by molar-refractivity contribution is 6.53. The zero-order chi connectivity index (χ0) is 30.3. The number of fused-ring (bicyclic) bond motifs is 4. The molecule has 1 saturated carbocycles. The highest BCUT2D eigenvalue weighted by Crippen LogP contribution is 2.65. The molecule has 0 radical (unpaired) electrons. The van der Waals surface area contributed by atoms with Crippen LogP contribution in [0.1, 0.15) is 29.9 Å². The number of allylic oxidation sites excluding steroid dienone is 2. The van der Waals surface area contributed by atoms with Gasteiger partial charge in [-0.25, -0.2) is 0 Å². The van der Waals surface area contributed by atoms with E-state index in [-0.39, 0.29) is 53.5 Å². The Bertz CT molecular complexity index is 1580. The SMILES string of the molecule is COc1cc(C2C3=CCC4C(=O)N(CCc5ccc(O)cc5)C(=O)C4C3CC3(Cl)C(=O)N(C)C(=O)C23Cl)cc(Cl)c1O. The van der Waals surface area contributed by atoms with E-state index in [2.05, 4.69) is 0 Å². The molecular weight excluding hydrogens is 607 g/mol. The first kappa shape index (κ1) is 28.8. The van der Waals surface area contributed by atoms with Gasteiger partial charge < -0.3 is 14.9 Å². The van der Waals surface area contributed by atoms with E-state index in [4.69, 9.17) is 39.5 Å². The second kappa shape index (κ2) is 9.89. The van der Waals surface area contributed by atoms with Gasteiger partial charge in [0.15, 0.2) is 21.2 Å². The third-order valence-electron chi connectivity index (χ3n) is 9.27. The van der Waals surface area contributed by atoms with E-state index in [1.807, 2.05) is 6.08 Å². The number of carbonyl (C=O) groups excluding carboxylic acids is 4. The number of likely N-dealkylation sites (tertiary alicyclic amines) is 2. The summed E-state index contributed by atoms with van der Waals surface area (Å²) in [7, 11) is 2.66. The minimum atomic E-state index is -1.97. The standard InChI is InChI=1S/C30H27Cl3N2O7/c1-34-27(40)29(32)13-19-17(23(30(29,33)28(34)41)15-11-20(31)24(37)21(12-15)42-2)7-8-18-22(19)26(39)35(25(18)38)10-9-14-3-5-16(36)6-4-14/h3-7,11-12,18-19,22-23,36-37H,8-10,13H2,1-2H3. The largest absolute Gasteiger partial charge is 0.508 e. The van der Waals surface area contributed by atoms with Crippen LogP contribution in [-0.4, -0.2) is 74.1 Å². The first-order valence-corrected chi connectivity index (χ1v) is 14.6. The van der Waals surface area contributed by atoms with Crippen LogP contribution in [0.25, 0.3) is 0 Å². The molecule has 0 aromatic heterocycles. The Hall–Kier alpha value is -3.27. The molecule has 220 valence electrons. The quantitative estimate of drug-likeness (QED) is 0.290. The van der Waals surface area contributed by atoms with Gasteiger partial charge in [0.05, 0.1) is 24.0 Å². The number of amides is 4. The molecule has 4 amide bonds. The lowest BCUT2D eigenvalue weighted by Gasteiger charge is -2.50. The molecule has 6 atom stereocenters. The summed E-state index contributed by atoms with van der Waals surface area (Å²) >= 11 is 20.7. The molecule has 2 saturated heterocycles. The summed E-state index contributed by atoms with van der Waals surface area (Å²) in [5, 5.41) is 19.9. The highest BCUT2D eigenvalue weighted by Gasteiger charge is 2.75. The fraction of sp³-hybridized carbons (Fsp3) is 0.400.